The van der Waals surface area contributed by atoms with Crippen LogP contribution in [0.4, 0.5) is 8.78 Å². The Bertz CT molecular complexity index is 767. The van der Waals surface area contributed by atoms with Gasteiger partial charge in [-0.15, -0.1) is 0 Å². The normalized spacial score (nSPS) is 22.8. The van der Waals surface area contributed by atoms with Crippen LogP contribution in [0.5, 0.6) is 0 Å². The molecule has 0 radical (unpaired) electrons. The van der Waals surface area contributed by atoms with Crippen molar-refractivity contribution in [2.75, 3.05) is 0 Å². The summed E-state index contributed by atoms with van der Waals surface area (Å²) < 4.78 is 29.1. The van der Waals surface area contributed by atoms with Crippen molar-refractivity contribution in [1.82, 2.24) is 10.3 Å². The highest BCUT2D eigenvalue weighted by molar-refractivity contribution is 6.31. The number of aliphatic hydroxyl groups excluding tert-OH is 1. The predicted molar refractivity (Wildman–Crippen MR) is 84.5 cm³/mol. The molecule has 2 aromatic rings. The zero-order valence-corrected chi connectivity index (χ0v) is 13.4. The topological polar surface area (TPSA) is 62.2 Å². The van der Waals surface area contributed by atoms with Crippen molar-refractivity contribution in [2.24, 2.45) is 0 Å². The lowest BCUT2D eigenvalue weighted by Crippen LogP contribution is -2.44. The van der Waals surface area contributed by atoms with E-state index in [4.69, 9.17) is 11.6 Å². The van der Waals surface area contributed by atoms with Gasteiger partial charge < -0.3 is 10.4 Å². The number of pyridine rings is 1. The summed E-state index contributed by atoms with van der Waals surface area (Å²) in [5.74, 6) is -1.47. The van der Waals surface area contributed by atoms with Crippen LogP contribution in [-0.2, 0) is 17.0 Å². The van der Waals surface area contributed by atoms with Crippen molar-refractivity contribution < 1.29 is 18.7 Å². The number of hydrogen-bond donors (Lipinski definition) is 2. The highest BCUT2D eigenvalue weighted by atomic mass is 35.5. The lowest BCUT2D eigenvalue weighted by molar-refractivity contribution is -0.135. The van der Waals surface area contributed by atoms with Crippen LogP contribution in [0.15, 0.2) is 36.5 Å². The van der Waals surface area contributed by atoms with Crippen LogP contribution in [0.25, 0.3) is 0 Å². The Morgan fingerprint density at radius 3 is 2.96 bits per heavy atom. The molecule has 1 aliphatic carbocycles. The maximum absolute atomic E-state index is 15.3. The molecule has 0 saturated carbocycles. The Morgan fingerprint density at radius 2 is 2.21 bits per heavy atom. The summed E-state index contributed by atoms with van der Waals surface area (Å²) in [6.45, 7) is -0.228. The minimum absolute atomic E-state index is 0.0425. The number of fused-ring (bicyclic) bond motifs is 1. The van der Waals surface area contributed by atoms with Gasteiger partial charge in [-0.05, 0) is 31.0 Å². The van der Waals surface area contributed by atoms with Gasteiger partial charge in [0.25, 0.3) is 5.91 Å². The average Bonchev–Trinajstić information content (AvgIpc) is 2.58. The molecule has 0 unspecified atom stereocenters. The Morgan fingerprint density at radius 1 is 1.42 bits per heavy atom. The SMILES string of the molecule is O=C(NCc1c(F)cccc1Cl)[C@]1(F)CC[C@H](O)c2ncccc21. The lowest BCUT2D eigenvalue weighted by atomic mass is 9.81. The fourth-order valence-corrected chi connectivity index (χ4v) is 3.10. The second-order valence-electron chi connectivity index (χ2n) is 5.67. The summed E-state index contributed by atoms with van der Waals surface area (Å²) in [5, 5.41) is 12.5. The summed E-state index contributed by atoms with van der Waals surface area (Å²) in [6.07, 6.45) is 0.432. The number of rotatable bonds is 3. The standard InChI is InChI=1S/C17H15ClF2N2O2/c18-12-4-1-5-13(19)10(12)9-22-16(24)17(20)7-6-14(23)15-11(17)3-2-8-21-15/h1-5,8,14,23H,6-7,9H2,(H,22,24)/t14-,17-/m0/s1. The highest BCUT2D eigenvalue weighted by Crippen LogP contribution is 2.42. The Labute approximate surface area is 142 Å². The number of carbonyl (C=O) groups is 1. The van der Waals surface area contributed by atoms with Crippen molar-refractivity contribution in [3.05, 3.63) is 64.2 Å². The van der Waals surface area contributed by atoms with E-state index in [0.29, 0.717) is 0 Å². The molecule has 3 rings (SSSR count). The fraction of sp³-hybridized carbons (Fsp3) is 0.294. The lowest BCUT2D eigenvalue weighted by Gasteiger charge is -2.32. The Balaban J connectivity index is 1.84. The molecular formula is C17H15ClF2N2O2. The first kappa shape index (κ1) is 16.8. The Kier molecular flexibility index (Phi) is 4.51. The molecule has 126 valence electrons. The molecule has 4 nitrogen and oxygen atoms in total. The third kappa shape index (κ3) is 2.87. The molecule has 7 heteroatoms. The van der Waals surface area contributed by atoms with Gasteiger partial charge in [-0.2, -0.15) is 0 Å². The molecular weight excluding hydrogens is 338 g/mol. The van der Waals surface area contributed by atoms with Crippen LogP contribution in [0.1, 0.15) is 35.8 Å². The molecule has 1 aromatic carbocycles. The summed E-state index contributed by atoms with van der Waals surface area (Å²) in [4.78, 5) is 16.4. The quantitative estimate of drug-likeness (QED) is 0.891. The third-order valence-electron chi connectivity index (χ3n) is 4.19. The zero-order chi connectivity index (χ0) is 17.3. The molecule has 0 spiro atoms. The van der Waals surface area contributed by atoms with Crippen LogP contribution >= 0.6 is 11.6 Å². The molecule has 24 heavy (non-hydrogen) atoms. The van der Waals surface area contributed by atoms with Gasteiger partial charge >= 0.3 is 0 Å². The number of halogens is 3. The number of aliphatic hydroxyl groups is 1. The van der Waals surface area contributed by atoms with Gasteiger partial charge in [0.1, 0.15) is 5.82 Å². The molecule has 2 N–H and O–H groups in total. The smallest absolute Gasteiger partial charge is 0.262 e. The van der Waals surface area contributed by atoms with Gasteiger partial charge in [0.15, 0.2) is 0 Å². The van der Waals surface area contributed by atoms with E-state index in [1.807, 2.05) is 0 Å². The van der Waals surface area contributed by atoms with E-state index < -0.39 is 23.5 Å². The number of amides is 1. The molecule has 1 aromatic heterocycles. The van der Waals surface area contributed by atoms with Crippen molar-refractivity contribution in [2.45, 2.75) is 31.2 Å². The first-order chi connectivity index (χ1) is 11.4. The number of nitrogens with one attached hydrogen (secondary N) is 1. The van der Waals surface area contributed by atoms with E-state index in [-0.39, 0.29) is 41.2 Å². The summed E-state index contributed by atoms with van der Waals surface area (Å²) in [6, 6.07) is 7.10. The molecule has 1 heterocycles. The van der Waals surface area contributed by atoms with Crippen LogP contribution in [0.2, 0.25) is 5.02 Å². The first-order valence-electron chi connectivity index (χ1n) is 7.47. The number of alkyl halides is 1. The van der Waals surface area contributed by atoms with Gasteiger partial charge in [-0.3, -0.25) is 9.78 Å². The van der Waals surface area contributed by atoms with E-state index in [1.165, 1.54) is 36.5 Å². The molecule has 2 atom stereocenters. The fourth-order valence-electron chi connectivity index (χ4n) is 2.87. The van der Waals surface area contributed by atoms with Crippen molar-refractivity contribution in [3.8, 4) is 0 Å². The Hall–Kier alpha value is -2.05. The third-order valence-corrected chi connectivity index (χ3v) is 4.54. The van der Waals surface area contributed by atoms with Gasteiger partial charge in [0.2, 0.25) is 5.67 Å². The maximum atomic E-state index is 15.3. The molecule has 0 saturated heterocycles. The van der Waals surface area contributed by atoms with E-state index in [9.17, 15) is 14.3 Å². The second kappa shape index (κ2) is 6.45. The van der Waals surface area contributed by atoms with Gasteiger partial charge in [-0.25, -0.2) is 8.78 Å². The van der Waals surface area contributed by atoms with Gasteiger partial charge in [0.05, 0.1) is 11.8 Å². The summed E-state index contributed by atoms with van der Waals surface area (Å²) in [5.41, 5.74) is -2.02. The highest BCUT2D eigenvalue weighted by Gasteiger charge is 2.46. The average molecular weight is 353 g/mol. The van der Waals surface area contributed by atoms with E-state index in [1.54, 1.807) is 0 Å². The van der Waals surface area contributed by atoms with E-state index in [2.05, 4.69) is 10.3 Å². The van der Waals surface area contributed by atoms with Crippen LogP contribution in [0.3, 0.4) is 0 Å². The number of benzene rings is 1. The first-order valence-corrected chi connectivity index (χ1v) is 7.85. The zero-order valence-electron chi connectivity index (χ0n) is 12.6. The molecule has 0 aliphatic heterocycles. The minimum Gasteiger partial charge on any atom is -0.387 e. The van der Waals surface area contributed by atoms with Crippen LogP contribution < -0.4 is 5.32 Å². The molecule has 0 bridgehead atoms. The molecule has 1 amide bonds. The van der Waals surface area contributed by atoms with Gasteiger partial charge in [0, 0.05) is 28.9 Å². The number of nitrogens with zero attached hydrogens (tertiary/aromatic N) is 1. The number of aromatic nitrogens is 1. The molecule has 0 fully saturated rings. The molecule has 1 aliphatic rings. The second-order valence-corrected chi connectivity index (χ2v) is 6.08. The van der Waals surface area contributed by atoms with Crippen molar-refractivity contribution in [3.63, 3.8) is 0 Å². The van der Waals surface area contributed by atoms with Gasteiger partial charge in [-0.1, -0.05) is 23.7 Å². The largest absolute Gasteiger partial charge is 0.387 e. The monoisotopic (exact) mass is 352 g/mol. The van der Waals surface area contributed by atoms with Crippen molar-refractivity contribution in [1.29, 1.82) is 0 Å². The van der Waals surface area contributed by atoms with Crippen LogP contribution in [0, 0.1) is 5.82 Å². The van der Waals surface area contributed by atoms with Crippen molar-refractivity contribution >= 4 is 17.5 Å². The predicted octanol–water partition coefficient (Wildman–Crippen LogP) is 3.18. The summed E-state index contributed by atoms with van der Waals surface area (Å²) in [7, 11) is 0. The minimum atomic E-state index is -2.32. The van der Waals surface area contributed by atoms with E-state index in [0.717, 1.165) is 0 Å². The summed E-state index contributed by atoms with van der Waals surface area (Å²) >= 11 is 5.91. The number of hydrogen-bond acceptors (Lipinski definition) is 3. The van der Waals surface area contributed by atoms with E-state index >= 15 is 4.39 Å². The van der Waals surface area contributed by atoms with Crippen LogP contribution in [-0.4, -0.2) is 16.0 Å². The maximum Gasteiger partial charge on any atom is 0.262 e. The number of carbonyl (C=O) groups excluding carboxylic acids is 1.